The van der Waals surface area contributed by atoms with Crippen LogP contribution in [0.2, 0.25) is 5.02 Å². The maximum Gasteiger partial charge on any atom is 0.0855 e. The van der Waals surface area contributed by atoms with Crippen LogP contribution in [-0.2, 0) is 4.74 Å². The molecule has 1 fully saturated rings. The molecule has 14 heavy (non-hydrogen) atoms. The maximum atomic E-state index is 10.0. The molecule has 0 radical (unpaired) electrons. The zero-order chi connectivity index (χ0) is 9.97. The van der Waals surface area contributed by atoms with Crippen LogP contribution >= 0.6 is 11.6 Å². The lowest BCUT2D eigenvalue weighted by atomic mass is 9.95. The summed E-state index contributed by atoms with van der Waals surface area (Å²) in [5, 5.41) is 10.7. The van der Waals surface area contributed by atoms with Gasteiger partial charge in [-0.25, -0.2) is 0 Å². The van der Waals surface area contributed by atoms with Gasteiger partial charge in [-0.2, -0.15) is 0 Å². The molecule has 0 saturated carbocycles. The molecule has 76 valence electrons. The van der Waals surface area contributed by atoms with Crippen molar-refractivity contribution in [3.8, 4) is 0 Å². The summed E-state index contributed by atoms with van der Waals surface area (Å²) in [5.74, 6) is 0.190. The minimum absolute atomic E-state index is 0.190. The second-order valence-corrected chi connectivity index (χ2v) is 4.00. The third-order valence-corrected chi connectivity index (χ3v) is 2.98. The first-order valence-electron chi connectivity index (χ1n) is 4.79. The molecule has 2 rings (SSSR count). The van der Waals surface area contributed by atoms with Crippen LogP contribution in [-0.4, -0.2) is 18.3 Å². The average molecular weight is 213 g/mol. The first kappa shape index (κ1) is 9.97. The standard InChI is InChI=1S/C11H13ClO2/c12-10-4-2-1-3-9(10)11(13)8-5-6-14-7-8/h1-4,8,11,13H,5-7H2. The molecule has 2 unspecified atom stereocenters. The minimum Gasteiger partial charge on any atom is -0.388 e. The van der Waals surface area contributed by atoms with Gasteiger partial charge in [0.1, 0.15) is 0 Å². The van der Waals surface area contributed by atoms with Gasteiger partial charge < -0.3 is 9.84 Å². The van der Waals surface area contributed by atoms with E-state index in [2.05, 4.69) is 0 Å². The Morgan fingerprint density at radius 1 is 1.43 bits per heavy atom. The molecule has 1 aromatic carbocycles. The Bertz CT molecular complexity index is 308. The van der Waals surface area contributed by atoms with E-state index in [9.17, 15) is 5.11 Å². The number of rotatable bonds is 2. The number of halogens is 1. The van der Waals surface area contributed by atoms with Crippen molar-refractivity contribution in [3.63, 3.8) is 0 Å². The average Bonchev–Trinajstić information content (AvgIpc) is 2.70. The molecule has 1 heterocycles. The molecule has 0 aromatic heterocycles. The summed E-state index contributed by atoms with van der Waals surface area (Å²) in [7, 11) is 0. The van der Waals surface area contributed by atoms with Crippen molar-refractivity contribution < 1.29 is 9.84 Å². The van der Waals surface area contributed by atoms with Crippen LogP contribution in [0, 0.1) is 5.92 Å². The molecule has 1 N–H and O–H groups in total. The fourth-order valence-corrected chi connectivity index (χ4v) is 2.02. The van der Waals surface area contributed by atoms with Gasteiger partial charge in [-0.05, 0) is 18.1 Å². The van der Waals surface area contributed by atoms with Crippen molar-refractivity contribution >= 4 is 11.6 Å². The van der Waals surface area contributed by atoms with Crippen LogP contribution in [0.1, 0.15) is 18.1 Å². The van der Waals surface area contributed by atoms with Crippen LogP contribution in [0.25, 0.3) is 0 Å². The van der Waals surface area contributed by atoms with Gasteiger partial charge in [0.15, 0.2) is 0 Å². The van der Waals surface area contributed by atoms with E-state index in [-0.39, 0.29) is 5.92 Å². The van der Waals surface area contributed by atoms with Crippen LogP contribution in [0.5, 0.6) is 0 Å². The normalized spacial score (nSPS) is 23.7. The predicted molar refractivity (Wildman–Crippen MR) is 55.3 cm³/mol. The second kappa shape index (κ2) is 4.30. The molecule has 1 aromatic rings. The summed E-state index contributed by atoms with van der Waals surface area (Å²) in [4.78, 5) is 0. The highest BCUT2D eigenvalue weighted by molar-refractivity contribution is 6.31. The first-order chi connectivity index (χ1) is 6.79. The lowest BCUT2D eigenvalue weighted by molar-refractivity contribution is 0.0919. The fraction of sp³-hybridized carbons (Fsp3) is 0.455. The Balaban J connectivity index is 2.17. The van der Waals surface area contributed by atoms with Crippen LogP contribution in [0.4, 0.5) is 0 Å². The molecule has 1 aliphatic heterocycles. The van der Waals surface area contributed by atoms with E-state index in [1.807, 2.05) is 18.2 Å². The SMILES string of the molecule is OC(c1ccccc1Cl)C1CCOC1. The Labute approximate surface area is 88.5 Å². The smallest absolute Gasteiger partial charge is 0.0855 e. The van der Waals surface area contributed by atoms with Gasteiger partial charge in [-0.3, -0.25) is 0 Å². The van der Waals surface area contributed by atoms with Crippen molar-refractivity contribution in [2.24, 2.45) is 5.92 Å². The van der Waals surface area contributed by atoms with E-state index in [1.54, 1.807) is 6.07 Å². The van der Waals surface area contributed by atoms with Crippen molar-refractivity contribution in [2.45, 2.75) is 12.5 Å². The van der Waals surface area contributed by atoms with Gasteiger partial charge in [-0.1, -0.05) is 29.8 Å². The van der Waals surface area contributed by atoms with Gasteiger partial charge >= 0.3 is 0 Å². The highest BCUT2D eigenvalue weighted by Gasteiger charge is 2.26. The Kier molecular flexibility index (Phi) is 3.06. The van der Waals surface area contributed by atoms with Gasteiger partial charge in [0.25, 0.3) is 0 Å². The van der Waals surface area contributed by atoms with Gasteiger partial charge in [-0.15, -0.1) is 0 Å². The largest absolute Gasteiger partial charge is 0.388 e. The Morgan fingerprint density at radius 2 is 2.21 bits per heavy atom. The maximum absolute atomic E-state index is 10.0. The summed E-state index contributed by atoms with van der Waals surface area (Å²) in [5.41, 5.74) is 0.810. The van der Waals surface area contributed by atoms with Crippen LogP contribution in [0.3, 0.4) is 0 Å². The zero-order valence-electron chi connectivity index (χ0n) is 7.82. The first-order valence-corrected chi connectivity index (χ1v) is 5.17. The van der Waals surface area contributed by atoms with Crippen LogP contribution < -0.4 is 0 Å². The molecule has 2 nitrogen and oxygen atoms in total. The summed E-state index contributed by atoms with van der Waals surface area (Å²) in [6.07, 6.45) is 0.415. The van der Waals surface area contributed by atoms with Gasteiger partial charge in [0.2, 0.25) is 0 Å². The quantitative estimate of drug-likeness (QED) is 0.816. The zero-order valence-corrected chi connectivity index (χ0v) is 8.57. The number of benzene rings is 1. The van der Waals surface area contributed by atoms with E-state index < -0.39 is 6.10 Å². The van der Waals surface area contributed by atoms with Crippen molar-refractivity contribution in [2.75, 3.05) is 13.2 Å². The van der Waals surface area contributed by atoms with Crippen molar-refractivity contribution in [1.82, 2.24) is 0 Å². The molecular formula is C11H13ClO2. The monoisotopic (exact) mass is 212 g/mol. The molecule has 0 aliphatic carbocycles. The minimum atomic E-state index is -0.494. The lowest BCUT2D eigenvalue weighted by Crippen LogP contribution is -2.12. The number of ether oxygens (including phenoxy) is 1. The van der Waals surface area contributed by atoms with Crippen molar-refractivity contribution in [3.05, 3.63) is 34.9 Å². The molecule has 0 bridgehead atoms. The summed E-state index contributed by atoms with van der Waals surface area (Å²) >= 11 is 6.00. The molecule has 1 aliphatic rings. The molecule has 0 amide bonds. The highest BCUT2D eigenvalue weighted by Crippen LogP contribution is 2.32. The summed E-state index contributed by atoms with van der Waals surface area (Å²) in [6.45, 7) is 1.37. The van der Waals surface area contributed by atoms with E-state index in [1.165, 1.54) is 0 Å². The van der Waals surface area contributed by atoms with E-state index in [4.69, 9.17) is 16.3 Å². The predicted octanol–water partition coefficient (Wildman–Crippen LogP) is 2.41. The topological polar surface area (TPSA) is 29.5 Å². The lowest BCUT2D eigenvalue weighted by Gasteiger charge is -2.17. The van der Waals surface area contributed by atoms with Gasteiger partial charge in [0, 0.05) is 17.5 Å². The number of aliphatic hydroxyl groups excluding tert-OH is 1. The molecule has 0 spiro atoms. The highest BCUT2D eigenvalue weighted by atomic mass is 35.5. The molecule has 1 saturated heterocycles. The van der Waals surface area contributed by atoms with E-state index in [0.717, 1.165) is 18.6 Å². The Morgan fingerprint density at radius 3 is 2.86 bits per heavy atom. The van der Waals surface area contributed by atoms with E-state index >= 15 is 0 Å². The number of hydrogen-bond acceptors (Lipinski definition) is 2. The van der Waals surface area contributed by atoms with Gasteiger partial charge in [0.05, 0.1) is 12.7 Å². The third-order valence-electron chi connectivity index (χ3n) is 2.64. The summed E-state index contributed by atoms with van der Waals surface area (Å²) < 4.78 is 5.24. The molecule has 3 heteroatoms. The summed E-state index contributed by atoms with van der Waals surface area (Å²) in [6, 6.07) is 7.42. The van der Waals surface area contributed by atoms with Crippen LogP contribution in [0.15, 0.2) is 24.3 Å². The number of hydrogen-bond donors (Lipinski definition) is 1. The number of aliphatic hydroxyl groups is 1. The van der Waals surface area contributed by atoms with Crippen molar-refractivity contribution in [1.29, 1.82) is 0 Å². The fourth-order valence-electron chi connectivity index (χ4n) is 1.77. The second-order valence-electron chi connectivity index (χ2n) is 3.59. The molecule has 2 atom stereocenters. The third kappa shape index (κ3) is 1.92. The van der Waals surface area contributed by atoms with E-state index in [0.29, 0.717) is 11.6 Å². The molecular weight excluding hydrogens is 200 g/mol. The Hall–Kier alpha value is -0.570.